The number of benzene rings is 1. The molecule has 114 valence electrons. The van der Waals surface area contributed by atoms with Crippen LogP contribution in [0.4, 0.5) is 0 Å². The van der Waals surface area contributed by atoms with Crippen molar-refractivity contribution in [1.82, 2.24) is 15.1 Å². The Bertz CT molecular complexity index is 637. The second kappa shape index (κ2) is 6.95. The zero-order valence-corrected chi connectivity index (χ0v) is 15.2. The van der Waals surface area contributed by atoms with Gasteiger partial charge in [0.15, 0.2) is 0 Å². The highest BCUT2D eigenvalue weighted by molar-refractivity contribution is 9.10. The molecule has 5 heteroatoms. The van der Waals surface area contributed by atoms with E-state index in [1.165, 1.54) is 11.3 Å². The number of rotatable bonds is 5. The van der Waals surface area contributed by atoms with Crippen molar-refractivity contribution in [3.8, 4) is 0 Å². The molecule has 0 bridgehead atoms. The maximum atomic E-state index is 6.25. The minimum absolute atomic E-state index is 0.208. The van der Waals surface area contributed by atoms with Gasteiger partial charge in [-0.2, -0.15) is 5.10 Å². The van der Waals surface area contributed by atoms with Crippen LogP contribution in [0.5, 0.6) is 0 Å². The second-order valence-electron chi connectivity index (χ2n) is 5.24. The molecule has 0 aliphatic rings. The van der Waals surface area contributed by atoms with Crippen LogP contribution < -0.4 is 5.32 Å². The molecule has 2 aromatic rings. The van der Waals surface area contributed by atoms with Gasteiger partial charge in [0.25, 0.3) is 0 Å². The molecule has 1 N–H and O–H groups in total. The quantitative estimate of drug-likeness (QED) is 0.854. The van der Waals surface area contributed by atoms with E-state index >= 15 is 0 Å². The van der Waals surface area contributed by atoms with Crippen LogP contribution in [-0.2, 0) is 19.9 Å². The predicted molar refractivity (Wildman–Crippen MR) is 92.0 cm³/mol. The number of halogens is 2. The maximum Gasteiger partial charge on any atom is 0.0766 e. The van der Waals surface area contributed by atoms with E-state index in [1.807, 2.05) is 31.8 Å². The molecule has 0 aliphatic heterocycles. The van der Waals surface area contributed by atoms with Gasteiger partial charge in [-0.1, -0.05) is 30.7 Å². The Morgan fingerprint density at radius 1 is 1.43 bits per heavy atom. The van der Waals surface area contributed by atoms with E-state index in [0.29, 0.717) is 0 Å². The van der Waals surface area contributed by atoms with Gasteiger partial charge in [-0.05, 0) is 53.5 Å². The van der Waals surface area contributed by atoms with Crippen molar-refractivity contribution in [2.24, 2.45) is 7.05 Å². The monoisotopic (exact) mass is 369 g/mol. The highest BCUT2D eigenvalue weighted by Crippen LogP contribution is 2.28. The highest BCUT2D eigenvalue weighted by Gasteiger charge is 2.18. The summed E-state index contributed by atoms with van der Waals surface area (Å²) in [6.45, 7) is 4.14. The second-order valence-corrected chi connectivity index (χ2v) is 6.44. The Balaban J connectivity index is 2.31. The Morgan fingerprint density at radius 3 is 2.67 bits per heavy atom. The van der Waals surface area contributed by atoms with Gasteiger partial charge in [0.1, 0.15) is 0 Å². The van der Waals surface area contributed by atoms with Crippen molar-refractivity contribution < 1.29 is 0 Å². The molecule has 1 aromatic carbocycles. The lowest BCUT2D eigenvalue weighted by atomic mass is 10.0. The number of aromatic nitrogens is 2. The fraction of sp³-hybridized carbons (Fsp3) is 0.438. The summed E-state index contributed by atoms with van der Waals surface area (Å²) in [6.07, 6.45) is 1.79. The summed E-state index contributed by atoms with van der Waals surface area (Å²) in [6, 6.07) is 6.45. The molecule has 1 atom stereocenters. The normalized spacial score (nSPS) is 12.7. The molecule has 0 amide bonds. The standard InChI is InChI=1S/C16H21BrClN3/c1-5-13-16(17)15(21(4)20-13)9-14(19-3)11-7-6-10(2)12(18)8-11/h6-8,14,19H,5,9H2,1-4H3. The predicted octanol–water partition coefficient (Wildman–Crippen LogP) is 4.21. The molecule has 0 saturated heterocycles. The maximum absolute atomic E-state index is 6.25. The molecule has 3 nitrogen and oxygen atoms in total. The van der Waals surface area contributed by atoms with Crippen LogP contribution in [0, 0.1) is 6.92 Å². The van der Waals surface area contributed by atoms with Gasteiger partial charge in [-0.3, -0.25) is 4.68 Å². The molecule has 21 heavy (non-hydrogen) atoms. The number of nitrogens with zero attached hydrogens (tertiary/aromatic N) is 2. The molecule has 0 aliphatic carbocycles. The third-order valence-corrected chi connectivity index (χ3v) is 5.17. The van der Waals surface area contributed by atoms with Gasteiger partial charge in [0.05, 0.1) is 15.9 Å². The van der Waals surface area contributed by atoms with Crippen molar-refractivity contribution in [2.75, 3.05) is 7.05 Å². The van der Waals surface area contributed by atoms with Crippen LogP contribution in [0.1, 0.15) is 35.5 Å². The average molecular weight is 371 g/mol. The van der Waals surface area contributed by atoms with Gasteiger partial charge in [-0.25, -0.2) is 0 Å². The summed E-state index contributed by atoms with van der Waals surface area (Å²) in [5.74, 6) is 0. The van der Waals surface area contributed by atoms with E-state index < -0.39 is 0 Å². The van der Waals surface area contributed by atoms with Crippen molar-refractivity contribution in [3.63, 3.8) is 0 Å². The van der Waals surface area contributed by atoms with Gasteiger partial charge >= 0.3 is 0 Å². The largest absolute Gasteiger partial charge is 0.313 e. The first-order valence-electron chi connectivity index (χ1n) is 7.11. The summed E-state index contributed by atoms with van der Waals surface area (Å²) < 4.78 is 3.08. The lowest BCUT2D eigenvalue weighted by Crippen LogP contribution is -2.20. The van der Waals surface area contributed by atoms with E-state index in [9.17, 15) is 0 Å². The number of aryl methyl sites for hydroxylation is 3. The SMILES string of the molecule is CCc1nn(C)c(CC(NC)c2ccc(C)c(Cl)c2)c1Br. The molecule has 2 rings (SSSR count). The van der Waals surface area contributed by atoms with Gasteiger partial charge < -0.3 is 5.32 Å². The molecule has 0 saturated carbocycles. The van der Waals surface area contributed by atoms with Crippen LogP contribution >= 0.6 is 27.5 Å². The first kappa shape index (κ1) is 16.5. The highest BCUT2D eigenvalue weighted by atomic mass is 79.9. The van der Waals surface area contributed by atoms with E-state index in [4.69, 9.17) is 11.6 Å². The first-order chi connectivity index (χ1) is 9.97. The molecule has 1 unspecified atom stereocenters. The van der Waals surface area contributed by atoms with Crippen LogP contribution in [-0.4, -0.2) is 16.8 Å². The van der Waals surface area contributed by atoms with Crippen molar-refractivity contribution in [2.45, 2.75) is 32.7 Å². The minimum Gasteiger partial charge on any atom is -0.313 e. The van der Waals surface area contributed by atoms with Crippen molar-refractivity contribution in [3.05, 3.63) is 50.2 Å². The molecular formula is C16H21BrClN3. The van der Waals surface area contributed by atoms with Gasteiger partial charge in [-0.15, -0.1) is 0 Å². The molecule has 1 aromatic heterocycles. The average Bonchev–Trinajstić information content (AvgIpc) is 2.74. The summed E-state index contributed by atoms with van der Waals surface area (Å²) in [5.41, 5.74) is 4.59. The van der Waals surface area contributed by atoms with Crippen LogP contribution in [0.3, 0.4) is 0 Å². The summed E-state index contributed by atoms with van der Waals surface area (Å²) in [7, 11) is 3.97. The third kappa shape index (κ3) is 3.50. The fourth-order valence-electron chi connectivity index (χ4n) is 2.45. The van der Waals surface area contributed by atoms with Crippen molar-refractivity contribution >= 4 is 27.5 Å². The van der Waals surface area contributed by atoms with E-state index in [-0.39, 0.29) is 6.04 Å². The van der Waals surface area contributed by atoms with Gasteiger partial charge in [0.2, 0.25) is 0 Å². The summed E-state index contributed by atoms with van der Waals surface area (Å²) >= 11 is 9.93. The summed E-state index contributed by atoms with van der Waals surface area (Å²) in [4.78, 5) is 0. The van der Waals surface area contributed by atoms with E-state index in [0.717, 1.165) is 33.6 Å². The zero-order valence-electron chi connectivity index (χ0n) is 12.9. The molecule has 1 heterocycles. The fourth-order valence-corrected chi connectivity index (χ4v) is 3.41. The zero-order chi connectivity index (χ0) is 15.6. The van der Waals surface area contributed by atoms with Crippen molar-refractivity contribution in [1.29, 1.82) is 0 Å². The minimum atomic E-state index is 0.208. The first-order valence-corrected chi connectivity index (χ1v) is 8.28. The third-order valence-electron chi connectivity index (χ3n) is 3.85. The van der Waals surface area contributed by atoms with E-state index in [1.54, 1.807) is 0 Å². The Hall–Kier alpha value is -0.840. The lowest BCUT2D eigenvalue weighted by Gasteiger charge is -2.18. The molecule has 0 fully saturated rings. The van der Waals surface area contributed by atoms with Crippen LogP contribution in [0.2, 0.25) is 5.02 Å². The number of hydrogen-bond donors (Lipinski definition) is 1. The molecule has 0 radical (unpaired) electrons. The Morgan fingerprint density at radius 2 is 2.14 bits per heavy atom. The van der Waals surface area contributed by atoms with Crippen LogP contribution in [0.25, 0.3) is 0 Å². The summed E-state index contributed by atoms with van der Waals surface area (Å²) in [5, 5.41) is 8.74. The molecule has 0 spiro atoms. The van der Waals surface area contributed by atoms with E-state index in [2.05, 4.69) is 45.4 Å². The number of hydrogen-bond acceptors (Lipinski definition) is 2. The topological polar surface area (TPSA) is 29.9 Å². The Labute approximate surface area is 139 Å². The lowest BCUT2D eigenvalue weighted by molar-refractivity contribution is 0.560. The number of likely N-dealkylation sites (N-methyl/N-ethyl adjacent to an activating group) is 1. The molecular weight excluding hydrogens is 350 g/mol. The number of nitrogens with one attached hydrogen (secondary N) is 1. The van der Waals surface area contributed by atoms with Crippen LogP contribution in [0.15, 0.2) is 22.7 Å². The smallest absolute Gasteiger partial charge is 0.0766 e. The van der Waals surface area contributed by atoms with Gasteiger partial charge in [0, 0.05) is 24.5 Å². The Kier molecular flexibility index (Phi) is 5.47.